The van der Waals surface area contributed by atoms with Gasteiger partial charge >= 0.3 is 0 Å². The van der Waals surface area contributed by atoms with Crippen LogP contribution in [0.15, 0.2) is 30.4 Å². The predicted octanol–water partition coefficient (Wildman–Crippen LogP) is 2.15. The lowest BCUT2D eigenvalue weighted by molar-refractivity contribution is -0.124. The summed E-state index contributed by atoms with van der Waals surface area (Å²) in [5.74, 6) is 1.72. The largest absolute Gasteiger partial charge is 0.497 e. The number of carbonyl (C=O) groups is 1. The van der Waals surface area contributed by atoms with Crippen LogP contribution in [0.4, 0.5) is 0 Å². The van der Waals surface area contributed by atoms with E-state index >= 15 is 0 Å². The molecule has 0 bridgehead atoms. The van der Waals surface area contributed by atoms with Crippen molar-refractivity contribution in [3.05, 3.63) is 36.2 Å². The molecule has 0 spiro atoms. The molecule has 3 rings (SSSR count). The molecule has 5 heteroatoms. The SMILES string of the molecule is COc1ccc2nc(CNC(=O)C3CC=CC3)[nH]c2c1. The highest BCUT2D eigenvalue weighted by molar-refractivity contribution is 5.80. The van der Waals surface area contributed by atoms with Gasteiger partial charge in [0.1, 0.15) is 11.6 Å². The number of nitrogens with one attached hydrogen (secondary N) is 2. The van der Waals surface area contributed by atoms with Gasteiger partial charge in [0, 0.05) is 12.0 Å². The van der Waals surface area contributed by atoms with Gasteiger partial charge in [-0.3, -0.25) is 4.79 Å². The van der Waals surface area contributed by atoms with Gasteiger partial charge in [0.15, 0.2) is 0 Å². The third-order valence-electron chi connectivity index (χ3n) is 3.55. The van der Waals surface area contributed by atoms with E-state index in [0.29, 0.717) is 6.54 Å². The maximum atomic E-state index is 11.9. The number of carbonyl (C=O) groups excluding carboxylic acids is 1. The molecule has 0 aliphatic heterocycles. The highest BCUT2D eigenvalue weighted by Gasteiger charge is 2.18. The van der Waals surface area contributed by atoms with Crippen LogP contribution in [0.3, 0.4) is 0 Å². The van der Waals surface area contributed by atoms with Crippen LogP contribution in [0.2, 0.25) is 0 Å². The fourth-order valence-corrected chi connectivity index (χ4v) is 2.40. The van der Waals surface area contributed by atoms with Gasteiger partial charge in [0.25, 0.3) is 0 Å². The van der Waals surface area contributed by atoms with Crippen molar-refractivity contribution >= 4 is 16.9 Å². The number of hydrogen-bond acceptors (Lipinski definition) is 3. The summed E-state index contributed by atoms with van der Waals surface area (Å²) in [6.45, 7) is 0.423. The number of aromatic amines is 1. The number of benzene rings is 1. The Labute approximate surface area is 117 Å². The van der Waals surface area contributed by atoms with Crippen molar-refractivity contribution in [2.24, 2.45) is 5.92 Å². The second-order valence-corrected chi connectivity index (χ2v) is 4.92. The molecule has 20 heavy (non-hydrogen) atoms. The Morgan fingerprint density at radius 2 is 2.25 bits per heavy atom. The highest BCUT2D eigenvalue weighted by atomic mass is 16.5. The van der Waals surface area contributed by atoms with E-state index in [1.54, 1.807) is 7.11 Å². The first-order chi connectivity index (χ1) is 9.76. The third kappa shape index (κ3) is 2.52. The number of amides is 1. The summed E-state index contributed by atoms with van der Waals surface area (Å²) < 4.78 is 5.17. The molecule has 2 aromatic rings. The molecule has 0 saturated heterocycles. The minimum absolute atomic E-state index is 0.0828. The van der Waals surface area contributed by atoms with Crippen molar-refractivity contribution in [3.63, 3.8) is 0 Å². The zero-order valence-electron chi connectivity index (χ0n) is 11.3. The fraction of sp³-hybridized carbons (Fsp3) is 0.333. The molecule has 1 aliphatic rings. The minimum atomic E-state index is 0.0828. The summed E-state index contributed by atoms with van der Waals surface area (Å²) in [4.78, 5) is 19.6. The molecule has 104 valence electrons. The van der Waals surface area contributed by atoms with Gasteiger partial charge in [-0.05, 0) is 25.0 Å². The molecule has 0 saturated carbocycles. The number of H-pyrrole nitrogens is 1. The monoisotopic (exact) mass is 271 g/mol. The van der Waals surface area contributed by atoms with Gasteiger partial charge in [0.2, 0.25) is 5.91 Å². The molecule has 1 aromatic carbocycles. The summed E-state index contributed by atoms with van der Waals surface area (Å²) in [5.41, 5.74) is 1.79. The van der Waals surface area contributed by atoms with E-state index in [0.717, 1.165) is 35.4 Å². The van der Waals surface area contributed by atoms with Crippen LogP contribution in [0.1, 0.15) is 18.7 Å². The van der Waals surface area contributed by atoms with Gasteiger partial charge in [-0.15, -0.1) is 0 Å². The normalized spacial score (nSPS) is 14.8. The first-order valence-corrected chi connectivity index (χ1v) is 6.71. The van der Waals surface area contributed by atoms with Crippen molar-refractivity contribution in [3.8, 4) is 5.75 Å². The Kier molecular flexibility index (Phi) is 3.41. The van der Waals surface area contributed by atoms with Crippen LogP contribution in [0.5, 0.6) is 5.75 Å². The Morgan fingerprint density at radius 3 is 3.00 bits per heavy atom. The fourth-order valence-electron chi connectivity index (χ4n) is 2.40. The Balaban J connectivity index is 1.66. The number of fused-ring (bicyclic) bond motifs is 1. The molecule has 1 aliphatic carbocycles. The Hall–Kier alpha value is -2.30. The van der Waals surface area contributed by atoms with Crippen molar-refractivity contribution < 1.29 is 9.53 Å². The van der Waals surface area contributed by atoms with E-state index in [4.69, 9.17) is 4.74 Å². The molecule has 0 unspecified atom stereocenters. The number of ether oxygens (including phenoxy) is 1. The summed E-state index contributed by atoms with van der Waals surface area (Å²) in [6.07, 6.45) is 5.78. The lowest BCUT2D eigenvalue weighted by atomic mass is 10.1. The van der Waals surface area contributed by atoms with E-state index in [1.807, 2.05) is 18.2 Å². The van der Waals surface area contributed by atoms with Gasteiger partial charge in [-0.1, -0.05) is 12.2 Å². The molecule has 2 N–H and O–H groups in total. The van der Waals surface area contributed by atoms with Gasteiger partial charge < -0.3 is 15.0 Å². The quantitative estimate of drug-likeness (QED) is 0.837. The minimum Gasteiger partial charge on any atom is -0.497 e. The van der Waals surface area contributed by atoms with Crippen LogP contribution in [0.25, 0.3) is 11.0 Å². The third-order valence-corrected chi connectivity index (χ3v) is 3.55. The summed E-state index contributed by atoms with van der Waals surface area (Å²) in [6, 6.07) is 5.67. The van der Waals surface area contributed by atoms with E-state index in [1.165, 1.54) is 0 Å². The zero-order valence-corrected chi connectivity index (χ0v) is 11.3. The van der Waals surface area contributed by atoms with Crippen molar-refractivity contribution in [2.75, 3.05) is 7.11 Å². The smallest absolute Gasteiger partial charge is 0.224 e. The topological polar surface area (TPSA) is 67.0 Å². The van der Waals surface area contributed by atoms with Crippen molar-refractivity contribution in [1.82, 2.24) is 15.3 Å². The molecule has 0 radical (unpaired) electrons. The number of hydrogen-bond donors (Lipinski definition) is 2. The molecular formula is C15H17N3O2. The standard InChI is InChI=1S/C15H17N3O2/c1-20-11-6-7-12-13(8-11)18-14(17-12)9-16-15(19)10-4-2-3-5-10/h2-3,6-8,10H,4-5,9H2,1H3,(H,16,19)(H,17,18). The maximum Gasteiger partial charge on any atom is 0.224 e. The average molecular weight is 271 g/mol. The van der Waals surface area contributed by atoms with Gasteiger partial charge in [0.05, 0.1) is 24.7 Å². The van der Waals surface area contributed by atoms with Gasteiger partial charge in [-0.25, -0.2) is 4.98 Å². The Morgan fingerprint density at radius 1 is 1.45 bits per heavy atom. The van der Waals surface area contributed by atoms with Gasteiger partial charge in [-0.2, -0.15) is 0 Å². The summed E-state index contributed by atoms with van der Waals surface area (Å²) in [5, 5.41) is 2.93. The number of aromatic nitrogens is 2. The highest BCUT2D eigenvalue weighted by Crippen LogP contribution is 2.19. The summed E-state index contributed by atoms with van der Waals surface area (Å²) in [7, 11) is 1.63. The molecule has 1 heterocycles. The van der Waals surface area contributed by atoms with Crippen LogP contribution in [0, 0.1) is 5.92 Å². The molecule has 1 aromatic heterocycles. The predicted molar refractivity (Wildman–Crippen MR) is 76.4 cm³/mol. The second kappa shape index (κ2) is 5.36. The molecule has 0 fully saturated rings. The molecule has 5 nitrogen and oxygen atoms in total. The zero-order chi connectivity index (χ0) is 13.9. The first-order valence-electron chi connectivity index (χ1n) is 6.71. The van der Waals surface area contributed by atoms with E-state index < -0.39 is 0 Å². The number of methoxy groups -OCH3 is 1. The van der Waals surface area contributed by atoms with E-state index in [9.17, 15) is 4.79 Å². The molecule has 0 atom stereocenters. The van der Waals surface area contributed by atoms with Crippen LogP contribution in [-0.4, -0.2) is 23.0 Å². The average Bonchev–Trinajstić information content (AvgIpc) is 3.12. The number of imidazole rings is 1. The lowest BCUT2D eigenvalue weighted by Gasteiger charge is -2.08. The van der Waals surface area contributed by atoms with Crippen LogP contribution < -0.4 is 10.1 Å². The number of rotatable bonds is 4. The first kappa shape index (κ1) is 12.7. The van der Waals surface area contributed by atoms with Crippen molar-refractivity contribution in [2.45, 2.75) is 19.4 Å². The van der Waals surface area contributed by atoms with E-state index in [2.05, 4.69) is 27.4 Å². The second-order valence-electron chi connectivity index (χ2n) is 4.92. The van der Waals surface area contributed by atoms with Crippen LogP contribution in [-0.2, 0) is 11.3 Å². The maximum absolute atomic E-state index is 11.9. The van der Waals surface area contributed by atoms with Crippen LogP contribution >= 0.6 is 0 Å². The summed E-state index contributed by atoms with van der Waals surface area (Å²) >= 11 is 0. The van der Waals surface area contributed by atoms with Crippen molar-refractivity contribution in [1.29, 1.82) is 0 Å². The Bertz CT molecular complexity index is 652. The van der Waals surface area contributed by atoms with E-state index in [-0.39, 0.29) is 11.8 Å². The number of allylic oxidation sites excluding steroid dienone is 2. The number of nitrogens with zero attached hydrogens (tertiary/aromatic N) is 1. The molecule has 1 amide bonds. The lowest BCUT2D eigenvalue weighted by Crippen LogP contribution is -2.29. The molecular weight excluding hydrogens is 254 g/mol.